The normalized spacial score (nSPS) is 10.8. The minimum Gasteiger partial charge on any atom is -0.453 e. The van der Waals surface area contributed by atoms with E-state index in [1.165, 1.54) is 12.3 Å². The van der Waals surface area contributed by atoms with Crippen LogP contribution in [0.15, 0.2) is 72.1 Å². The molecular formula is C21H23FIN5O. The number of guanidine groups is 1. The fraction of sp³-hybridized carbons (Fsp3) is 0.190. The molecule has 1 aromatic carbocycles. The molecule has 2 heterocycles. The van der Waals surface area contributed by atoms with Crippen LogP contribution in [0.4, 0.5) is 4.39 Å². The fourth-order valence-electron chi connectivity index (χ4n) is 2.45. The van der Waals surface area contributed by atoms with Gasteiger partial charge in [0.15, 0.2) is 17.5 Å². The third kappa shape index (κ3) is 7.30. The van der Waals surface area contributed by atoms with E-state index in [1.807, 2.05) is 25.1 Å². The van der Waals surface area contributed by atoms with Gasteiger partial charge in [0.2, 0.25) is 0 Å². The molecule has 2 N–H and O–H groups in total. The van der Waals surface area contributed by atoms with Gasteiger partial charge in [0.1, 0.15) is 5.75 Å². The molecule has 0 aliphatic heterocycles. The number of rotatable bonds is 7. The zero-order valence-electron chi connectivity index (χ0n) is 16.0. The van der Waals surface area contributed by atoms with Crippen LogP contribution in [0.1, 0.15) is 18.2 Å². The lowest BCUT2D eigenvalue weighted by molar-refractivity contribution is 0.440. The molecule has 0 radical (unpaired) electrons. The summed E-state index contributed by atoms with van der Waals surface area (Å²) in [5.74, 6) is 0.841. The Bertz CT molecular complexity index is 909. The van der Waals surface area contributed by atoms with Gasteiger partial charge in [-0.2, -0.15) is 0 Å². The summed E-state index contributed by atoms with van der Waals surface area (Å²) in [5, 5.41) is 6.38. The van der Waals surface area contributed by atoms with Gasteiger partial charge in [-0.25, -0.2) is 9.38 Å². The van der Waals surface area contributed by atoms with Crippen LogP contribution < -0.4 is 15.4 Å². The smallest absolute Gasteiger partial charge is 0.191 e. The molecule has 0 unspecified atom stereocenters. The molecule has 2 aromatic heterocycles. The molecule has 0 spiro atoms. The monoisotopic (exact) mass is 507 g/mol. The predicted octanol–water partition coefficient (Wildman–Crippen LogP) is 4.28. The molecule has 29 heavy (non-hydrogen) atoms. The molecule has 0 saturated carbocycles. The molecule has 0 fully saturated rings. The van der Waals surface area contributed by atoms with Crippen LogP contribution in [0.5, 0.6) is 11.5 Å². The molecule has 0 aliphatic carbocycles. The van der Waals surface area contributed by atoms with Gasteiger partial charge < -0.3 is 15.4 Å². The molecule has 0 aliphatic rings. The zero-order valence-corrected chi connectivity index (χ0v) is 18.3. The van der Waals surface area contributed by atoms with Gasteiger partial charge in [-0.15, -0.1) is 24.0 Å². The van der Waals surface area contributed by atoms with E-state index in [4.69, 9.17) is 4.74 Å². The molecule has 0 amide bonds. The van der Waals surface area contributed by atoms with Crippen molar-refractivity contribution in [3.63, 3.8) is 0 Å². The second-order valence-electron chi connectivity index (χ2n) is 5.93. The maximum atomic E-state index is 14.3. The van der Waals surface area contributed by atoms with E-state index >= 15 is 0 Å². The largest absolute Gasteiger partial charge is 0.453 e. The third-order valence-electron chi connectivity index (χ3n) is 3.79. The van der Waals surface area contributed by atoms with Crippen molar-refractivity contribution < 1.29 is 9.13 Å². The topological polar surface area (TPSA) is 71.4 Å². The highest BCUT2D eigenvalue weighted by molar-refractivity contribution is 14.0. The Hall–Kier alpha value is -2.75. The summed E-state index contributed by atoms with van der Waals surface area (Å²) in [7, 11) is 0. The van der Waals surface area contributed by atoms with Crippen molar-refractivity contribution in [2.45, 2.75) is 20.0 Å². The minimum atomic E-state index is -0.442. The number of halogens is 2. The maximum absolute atomic E-state index is 14.3. The van der Waals surface area contributed by atoms with Gasteiger partial charge in [0, 0.05) is 18.9 Å². The number of ether oxygens (including phenoxy) is 1. The van der Waals surface area contributed by atoms with Crippen molar-refractivity contribution in [3.05, 3.63) is 84.2 Å². The summed E-state index contributed by atoms with van der Waals surface area (Å²) in [4.78, 5) is 12.7. The Morgan fingerprint density at radius 2 is 2.00 bits per heavy atom. The van der Waals surface area contributed by atoms with E-state index in [0.717, 1.165) is 17.8 Å². The van der Waals surface area contributed by atoms with Crippen LogP contribution in [0, 0.1) is 5.82 Å². The molecule has 8 heteroatoms. The number of aliphatic imine (C=N–C) groups is 1. The average molecular weight is 507 g/mol. The standard InChI is InChI=1S/C21H22FN5O.HI/c1-2-24-21(27-14-17-6-3-4-11-25-17)26-13-16-8-9-20(19(22)12-16)28-18-7-5-10-23-15-18;/h3-12,15H,2,13-14H2,1H3,(H2,24,26,27);1H. The van der Waals surface area contributed by atoms with E-state index in [2.05, 4.69) is 25.6 Å². The van der Waals surface area contributed by atoms with Crippen LogP contribution in [-0.4, -0.2) is 22.5 Å². The minimum absolute atomic E-state index is 0. The number of nitrogens with one attached hydrogen (secondary N) is 2. The summed E-state index contributed by atoms with van der Waals surface area (Å²) in [6.45, 7) is 3.60. The molecule has 0 bridgehead atoms. The van der Waals surface area contributed by atoms with Crippen LogP contribution >= 0.6 is 24.0 Å². The van der Waals surface area contributed by atoms with Gasteiger partial charge >= 0.3 is 0 Å². The van der Waals surface area contributed by atoms with Crippen LogP contribution in [0.3, 0.4) is 0 Å². The molecule has 3 aromatic rings. The number of aromatic nitrogens is 2. The average Bonchev–Trinajstić information content (AvgIpc) is 2.73. The van der Waals surface area contributed by atoms with Crippen molar-refractivity contribution in [1.29, 1.82) is 0 Å². The number of benzene rings is 1. The first kappa shape index (κ1) is 22.5. The molecular weight excluding hydrogens is 484 g/mol. The van der Waals surface area contributed by atoms with Gasteiger partial charge in [-0.3, -0.25) is 9.97 Å². The number of nitrogens with zero attached hydrogens (tertiary/aromatic N) is 3. The summed E-state index contributed by atoms with van der Waals surface area (Å²) >= 11 is 0. The van der Waals surface area contributed by atoms with Crippen molar-refractivity contribution in [2.75, 3.05) is 6.54 Å². The number of hydrogen-bond donors (Lipinski definition) is 2. The lowest BCUT2D eigenvalue weighted by atomic mass is 10.2. The molecule has 152 valence electrons. The summed E-state index contributed by atoms with van der Waals surface area (Å²) in [6, 6.07) is 14.0. The quantitative estimate of drug-likeness (QED) is 0.284. The van der Waals surface area contributed by atoms with Crippen molar-refractivity contribution in [3.8, 4) is 11.5 Å². The van der Waals surface area contributed by atoms with E-state index in [0.29, 0.717) is 24.8 Å². The number of hydrogen-bond acceptors (Lipinski definition) is 4. The van der Waals surface area contributed by atoms with E-state index < -0.39 is 5.82 Å². The molecule has 0 saturated heterocycles. The first-order valence-electron chi connectivity index (χ1n) is 9.03. The Morgan fingerprint density at radius 1 is 1.10 bits per heavy atom. The Morgan fingerprint density at radius 3 is 2.69 bits per heavy atom. The summed E-state index contributed by atoms with van der Waals surface area (Å²) in [6.07, 6.45) is 4.92. The SMILES string of the molecule is CCNC(=NCc1ccc(Oc2cccnc2)c(F)c1)NCc1ccccn1.I. The lowest BCUT2D eigenvalue weighted by Crippen LogP contribution is -2.37. The molecule has 3 rings (SSSR count). The predicted molar refractivity (Wildman–Crippen MR) is 122 cm³/mol. The zero-order chi connectivity index (χ0) is 19.6. The first-order chi connectivity index (χ1) is 13.7. The second kappa shape index (κ2) is 11.9. The summed E-state index contributed by atoms with van der Waals surface area (Å²) in [5.41, 5.74) is 1.65. The van der Waals surface area contributed by atoms with Crippen LogP contribution in [-0.2, 0) is 13.1 Å². The lowest BCUT2D eigenvalue weighted by Gasteiger charge is -2.11. The highest BCUT2D eigenvalue weighted by Crippen LogP contribution is 2.24. The highest BCUT2D eigenvalue weighted by atomic mass is 127. The maximum Gasteiger partial charge on any atom is 0.191 e. The van der Waals surface area contributed by atoms with Gasteiger partial charge in [-0.1, -0.05) is 12.1 Å². The van der Waals surface area contributed by atoms with Gasteiger partial charge in [0.25, 0.3) is 0 Å². The van der Waals surface area contributed by atoms with E-state index in [-0.39, 0.29) is 29.7 Å². The highest BCUT2D eigenvalue weighted by Gasteiger charge is 2.07. The second-order valence-corrected chi connectivity index (χ2v) is 5.93. The molecule has 6 nitrogen and oxygen atoms in total. The summed E-state index contributed by atoms with van der Waals surface area (Å²) < 4.78 is 19.9. The number of pyridine rings is 2. The van der Waals surface area contributed by atoms with E-state index in [1.54, 1.807) is 36.7 Å². The van der Waals surface area contributed by atoms with E-state index in [9.17, 15) is 4.39 Å². The van der Waals surface area contributed by atoms with Crippen molar-refractivity contribution in [2.24, 2.45) is 4.99 Å². The molecule has 0 atom stereocenters. The van der Waals surface area contributed by atoms with Gasteiger partial charge in [0.05, 0.1) is 25.0 Å². The van der Waals surface area contributed by atoms with Crippen molar-refractivity contribution in [1.82, 2.24) is 20.6 Å². The van der Waals surface area contributed by atoms with Crippen molar-refractivity contribution >= 4 is 29.9 Å². The fourth-order valence-corrected chi connectivity index (χ4v) is 2.45. The first-order valence-corrected chi connectivity index (χ1v) is 9.03. The van der Waals surface area contributed by atoms with Crippen LogP contribution in [0.25, 0.3) is 0 Å². The van der Waals surface area contributed by atoms with Gasteiger partial charge in [-0.05, 0) is 48.9 Å². The third-order valence-corrected chi connectivity index (χ3v) is 3.79. The Balaban J connectivity index is 0.00000300. The van der Waals surface area contributed by atoms with Crippen LogP contribution in [0.2, 0.25) is 0 Å². The Labute approximate surface area is 186 Å². The Kier molecular flexibility index (Phi) is 9.29.